The fourth-order valence-electron chi connectivity index (χ4n) is 6.40. The van der Waals surface area contributed by atoms with Gasteiger partial charge in [0.15, 0.2) is 15.5 Å². The van der Waals surface area contributed by atoms with Crippen LogP contribution in [0.5, 0.6) is 0 Å². The number of hydrogen-bond donors (Lipinski definition) is 0. The number of fused-ring (bicyclic) bond motifs is 1. The second-order valence-corrected chi connectivity index (χ2v) is 13.1. The molecular formula is C21H30F3N3O2S. The molecule has 2 saturated carbocycles. The lowest BCUT2D eigenvalue weighted by atomic mass is 9.80. The Morgan fingerprint density at radius 3 is 2.10 bits per heavy atom. The van der Waals surface area contributed by atoms with E-state index in [-0.39, 0.29) is 11.3 Å². The number of hydrogen-bond acceptors (Lipinski definition) is 4. The number of rotatable bonds is 2. The van der Waals surface area contributed by atoms with E-state index >= 15 is 0 Å². The maximum atomic E-state index is 13.3. The molecule has 0 aromatic carbocycles. The summed E-state index contributed by atoms with van der Waals surface area (Å²) in [4.78, 5) is 2.50. The zero-order chi connectivity index (χ0) is 21.7. The predicted molar refractivity (Wildman–Crippen MR) is 107 cm³/mol. The van der Waals surface area contributed by atoms with Gasteiger partial charge >= 0.3 is 6.18 Å². The van der Waals surface area contributed by atoms with E-state index in [1.165, 1.54) is 6.07 Å². The molecule has 9 heteroatoms. The minimum Gasteiger partial charge on any atom is -0.300 e. The average Bonchev–Trinajstić information content (AvgIpc) is 2.98. The SMILES string of the molecule is CC(C)(C)n1nc(C(F)(F)F)cc1C1C2CC(N3CCC4(CC3)CS(=O)(=O)C4)CC21. The third-order valence-electron chi connectivity index (χ3n) is 7.85. The largest absolute Gasteiger partial charge is 0.435 e. The zero-order valence-corrected chi connectivity index (χ0v) is 18.6. The van der Waals surface area contributed by atoms with Gasteiger partial charge in [-0.05, 0) is 77.4 Å². The van der Waals surface area contributed by atoms with Crippen molar-refractivity contribution in [2.75, 3.05) is 24.6 Å². The van der Waals surface area contributed by atoms with Gasteiger partial charge in [0.1, 0.15) is 0 Å². The summed E-state index contributed by atoms with van der Waals surface area (Å²) < 4.78 is 64.6. The highest BCUT2D eigenvalue weighted by Crippen LogP contribution is 2.64. The number of nitrogens with zero attached hydrogens (tertiary/aromatic N) is 3. The van der Waals surface area contributed by atoms with Crippen LogP contribution >= 0.6 is 0 Å². The lowest BCUT2D eigenvalue weighted by Gasteiger charge is -2.48. The quantitative estimate of drug-likeness (QED) is 0.697. The van der Waals surface area contributed by atoms with Crippen LogP contribution in [0.1, 0.15) is 63.8 Å². The van der Waals surface area contributed by atoms with Crippen LogP contribution in [0.2, 0.25) is 0 Å². The van der Waals surface area contributed by atoms with Crippen LogP contribution in [0.25, 0.3) is 0 Å². The maximum Gasteiger partial charge on any atom is 0.435 e. The van der Waals surface area contributed by atoms with Crippen molar-refractivity contribution in [3.8, 4) is 0 Å². The smallest absolute Gasteiger partial charge is 0.300 e. The van der Waals surface area contributed by atoms with Crippen LogP contribution in [0.15, 0.2) is 6.07 Å². The first-order valence-electron chi connectivity index (χ1n) is 10.9. The van der Waals surface area contributed by atoms with Gasteiger partial charge < -0.3 is 4.90 Å². The third kappa shape index (κ3) is 3.40. The summed E-state index contributed by atoms with van der Waals surface area (Å²) in [7, 11) is -2.80. The van der Waals surface area contributed by atoms with E-state index in [0.29, 0.717) is 29.4 Å². The molecule has 4 fully saturated rings. The molecule has 5 nitrogen and oxygen atoms in total. The molecular weight excluding hydrogens is 415 g/mol. The summed E-state index contributed by atoms with van der Waals surface area (Å²) in [5.41, 5.74) is -0.516. The van der Waals surface area contributed by atoms with Gasteiger partial charge in [-0.25, -0.2) is 8.42 Å². The molecule has 0 amide bonds. The molecule has 0 bridgehead atoms. The van der Waals surface area contributed by atoms with Crippen LogP contribution in [0.4, 0.5) is 13.2 Å². The fourth-order valence-corrected chi connectivity index (χ4v) is 8.76. The summed E-state index contributed by atoms with van der Waals surface area (Å²) in [6.45, 7) is 7.59. The number of sulfone groups is 1. The molecule has 2 aliphatic heterocycles. The van der Waals surface area contributed by atoms with E-state index in [0.717, 1.165) is 44.5 Å². The molecule has 3 heterocycles. The highest BCUT2D eigenvalue weighted by molar-refractivity contribution is 7.92. The molecule has 30 heavy (non-hydrogen) atoms. The Balaban J connectivity index is 1.24. The molecule has 1 aromatic heterocycles. The molecule has 4 aliphatic rings. The van der Waals surface area contributed by atoms with E-state index in [1.54, 1.807) is 4.68 Å². The topological polar surface area (TPSA) is 55.2 Å². The predicted octanol–water partition coefficient (Wildman–Crippen LogP) is 3.66. The van der Waals surface area contributed by atoms with Crippen molar-refractivity contribution in [2.45, 2.75) is 70.1 Å². The molecule has 1 aromatic rings. The Bertz CT molecular complexity index is 929. The Morgan fingerprint density at radius 2 is 1.63 bits per heavy atom. The number of aromatic nitrogens is 2. The van der Waals surface area contributed by atoms with Crippen LogP contribution in [-0.4, -0.2) is 53.7 Å². The van der Waals surface area contributed by atoms with Gasteiger partial charge in [0.25, 0.3) is 0 Å². The number of piperidine rings is 1. The van der Waals surface area contributed by atoms with Crippen molar-refractivity contribution in [2.24, 2.45) is 17.3 Å². The van der Waals surface area contributed by atoms with E-state index in [9.17, 15) is 21.6 Å². The number of likely N-dealkylation sites (tertiary alicyclic amines) is 1. The fraction of sp³-hybridized carbons (Fsp3) is 0.857. The van der Waals surface area contributed by atoms with E-state index in [1.807, 2.05) is 20.8 Å². The lowest BCUT2D eigenvalue weighted by Crippen LogP contribution is -2.55. The van der Waals surface area contributed by atoms with Gasteiger partial charge in [0.2, 0.25) is 0 Å². The van der Waals surface area contributed by atoms with Crippen molar-refractivity contribution in [3.63, 3.8) is 0 Å². The van der Waals surface area contributed by atoms with Crippen LogP contribution in [0, 0.1) is 17.3 Å². The van der Waals surface area contributed by atoms with E-state index in [4.69, 9.17) is 0 Å². The first-order chi connectivity index (χ1) is 13.8. The number of halogens is 3. The zero-order valence-electron chi connectivity index (χ0n) is 17.7. The van der Waals surface area contributed by atoms with Gasteiger partial charge in [-0.3, -0.25) is 4.68 Å². The van der Waals surface area contributed by atoms with Crippen molar-refractivity contribution in [1.29, 1.82) is 0 Å². The monoisotopic (exact) mass is 445 g/mol. The molecule has 0 radical (unpaired) electrons. The van der Waals surface area contributed by atoms with E-state index < -0.39 is 27.2 Å². The summed E-state index contributed by atoms with van der Waals surface area (Å²) in [6, 6.07) is 1.75. The molecule has 2 aliphatic carbocycles. The van der Waals surface area contributed by atoms with Gasteiger partial charge in [0.05, 0.1) is 17.0 Å². The highest BCUT2D eigenvalue weighted by atomic mass is 32.2. The first-order valence-corrected chi connectivity index (χ1v) is 12.7. The number of alkyl halides is 3. The second-order valence-electron chi connectivity index (χ2n) is 11.1. The summed E-state index contributed by atoms with van der Waals surface area (Å²) in [6.07, 6.45) is -0.467. The van der Waals surface area contributed by atoms with Crippen molar-refractivity contribution >= 4 is 9.84 Å². The van der Waals surface area contributed by atoms with Gasteiger partial charge in [0, 0.05) is 23.1 Å². The van der Waals surface area contributed by atoms with Crippen LogP contribution in [0.3, 0.4) is 0 Å². The summed E-state index contributed by atoms with van der Waals surface area (Å²) in [5.74, 6) is 1.76. The molecule has 0 N–H and O–H groups in total. The highest BCUT2D eigenvalue weighted by Gasteiger charge is 2.60. The van der Waals surface area contributed by atoms with Gasteiger partial charge in [-0.2, -0.15) is 18.3 Å². The van der Waals surface area contributed by atoms with Gasteiger partial charge in [-0.15, -0.1) is 0 Å². The molecule has 2 unspecified atom stereocenters. The maximum absolute atomic E-state index is 13.3. The Hall–Kier alpha value is -1.09. The summed E-state index contributed by atoms with van der Waals surface area (Å²) in [5, 5.41) is 3.93. The van der Waals surface area contributed by atoms with Crippen molar-refractivity contribution in [1.82, 2.24) is 14.7 Å². The van der Waals surface area contributed by atoms with Gasteiger partial charge in [-0.1, -0.05) is 0 Å². The third-order valence-corrected chi connectivity index (χ3v) is 9.96. The van der Waals surface area contributed by atoms with E-state index in [2.05, 4.69) is 10.00 Å². The minimum absolute atomic E-state index is 0.0204. The molecule has 5 rings (SSSR count). The van der Waals surface area contributed by atoms with Crippen molar-refractivity contribution in [3.05, 3.63) is 17.5 Å². The Morgan fingerprint density at radius 1 is 1.07 bits per heavy atom. The molecule has 168 valence electrons. The second kappa shape index (κ2) is 6.24. The lowest BCUT2D eigenvalue weighted by molar-refractivity contribution is -0.141. The Kier molecular flexibility index (Phi) is 4.33. The van der Waals surface area contributed by atoms with Crippen molar-refractivity contribution < 1.29 is 21.6 Å². The standard InChI is InChI=1S/C21H30F3N3O2S/c1-19(2,3)27-16(10-17(25-27)21(22,23)24)18-14-8-13(9-15(14)18)26-6-4-20(5-7-26)11-30(28,29)12-20/h10,13-15,18H,4-9,11-12H2,1-3H3. The van der Waals surface area contributed by atoms with Crippen LogP contribution in [-0.2, 0) is 21.6 Å². The molecule has 1 spiro atoms. The first kappa shape index (κ1) is 20.8. The molecule has 2 atom stereocenters. The average molecular weight is 446 g/mol. The van der Waals surface area contributed by atoms with Crippen LogP contribution < -0.4 is 0 Å². The normalized spacial score (nSPS) is 35.3. The minimum atomic E-state index is -4.42. The Labute approximate surface area is 175 Å². The molecule has 2 saturated heterocycles. The summed E-state index contributed by atoms with van der Waals surface area (Å²) >= 11 is 0.